The highest BCUT2D eigenvalue weighted by Gasteiger charge is 2.39. The molecule has 3 aromatic carbocycles. The highest BCUT2D eigenvalue weighted by molar-refractivity contribution is 5.73. The van der Waals surface area contributed by atoms with E-state index in [0.717, 1.165) is 27.8 Å². The number of urea groups is 1. The van der Waals surface area contributed by atoms with Crippen molar-refractivity contribution < 1.29 is 24.5 Å². The van der Waals surface area contributed by atoms with Crippen molar-refractivity contribution in [3.05, 3.63) is 107 Å². The molecule has 0 saturated carbocycles. The summed E-state index contributed by atoms with van der Waals surface area (Å²) in [4.78, 5) is 13.9. The molecule has 1 saturated heterocycles. The van der Waals surface area contributed by atoms with Crippen molar-refractivity contribution in [1.82, 2.24) is 15.5 Å². The molecule has 1 aliphatic heterocycles. The lowest BCUT2D eigenvalue weighted by atomic mass is 9.89. The summed E-state index contributed by atoms with van der Waals surface area (Å²) in [5.41, 5.74) is 4.62. The summed E-state index contributed by atoms with van der Waals surface area (Å²) in [7, 11) is 2.01. The third-order valence-corrected chi connectivity index (χ3v) is 7.93. The number of nitrogens with one attached hydrogen (secondary N) is 2. The third kappa shape index (κ3) is 7.93. The first kappa shape index (κ1) is 30.7. The average Bonchev–Trinajstić information content (AvgIpc) is 3.01. The molecule has 1 aliphatic rings. The van der Waals surface area contributed by atoms with Crippen molar-refractivity contribution >= 4 is 6.03 Å². The van der Waals surface area contributed by atoms with Gasteiger partial charge in [-0.2, -0.15) is 0 Å². The number of aliphatic hydroxyl groups excluding tert-OH is 2. The van der Waals surface area contributed by atoms with Crippen LogP contribution in [0.15, 0.2) is 78.9 Å². The molecule has 0 aliphatic carbocycles. The van der Waals surface area contributed by atoms with Gasteiger partial charge in [0.1, 0.15) is 0 Å². The fourth-order valence-corrected chi connectivity index (χ4v) is 5.15. The topological polar surface area (TPSA) is 103 Å². The summed E-state index contributed by atoms with van der Waals surface area (Å²) in [6, 6.07) is 25.1. The predicted octanol–water partition coefficient (Wildman–Crippen LogP) is 4.84. The van der Waals surface area contributed by atoms with Crippen LogP contribution in [-0.4, -0.2) is 53.4 Å². The smallest absolute Gasteiger partial charge is 0.315 e. The molecular formula is C33H43N3O5. The molecule has 6 atom stereocenters. The van der Waals surface area contributed by atoms with Crippen LogP contribution in [0.1, 0.15) is 67.1 Å². The first-order valence-electron chi connectivity index (χ1n) is 14.3. The Bertz CT molecular complexity index is 1220. The van der Waals surface area contributed by atoms with E-state index in [-0.39, 0.29) is 36.8 Å². The van der Waals surface area contributed by atoms with Crippen LogP contribution in [0.4, 0.5) is 4.79 Å². The summed E-state index contributed by atoms with van der Waals surface area (Å²) in [6.07, 6.45) is -1.62. The Balaban J connectivity index is 1.52. The van der Waals surface area contributed by atoms with Gasteiger partial charge in [0.25, 0.3) is 0 Å². The summed E-state index contributed by atoms with van der Waals surface area (Å²) in [6.45, 7) is 7.62. The van der Waals surface area contributed by atoms with Crippen molar-refractivity contribution in [3.63, 3.8) is 0 Å². The molecule has 8 nitrogen and oxygen atoms in total. The summed E-state index contributed by atoms with van der Waals surface area (Å²) in [5.74, 6) is 0.0234. The maximum Gasteiger partial charge on any atom is 0.315 e. The lowest BCUT2D eigenvalue weighted by Crippen LogP contribution is -2.46. The first-order chi connectivity index (χ1) is 19.8. The molecule has 0 aromatic heterocycles. The van der Waals surface area contributed by atoms with Gasteiger partial charge in [-0.15, -0.1) is 0 Å². The molecule has 0 bridgehead atoms. The molecule has 4 rings (SSSR count). The van der Waals surface area contributed by atoms with Crippen LogP contribution in [0, 0.1) is 5.92 Å². The second-order valence-electron chi connectivity index (χ2n) is 10.8. The number of hydrogen-bond acceptors (Lipinski definition) is 6. The van der Waals surface area contributed by atoms with Crippen LogP contribution in [0.5, 0.6) is 0 Å². The monoisotopic (exact) mass is 561 g/mol. The lowest BCUT2D eigenvalue weighted by Gasteiger charge is -2.43. The van der Waals surface area contributed by atoms with Gasteiger partial charge in [0.2, 0.25) is 0 Å². The zero-order valence-electron chi connectivity index (χ0n) is 24.4. The van der Waals surface area contributed by atoms with E-state index in [4.69, 9.17) is 9.47 Å². The molecule has 0 spiro atoms. The zero-order chi connectivity index (χ0) is 29.4. The molecule has 4 N–H and O–H groups in total. The molecule has 2 amide bonds. The maximum absolute atomic E-state index is 11.8. The van der Waals surface area contributed by atoms with Crippen LogP contribution in [-0.2, 0) is 22.6 Å². The first-order valence-corrected chi connectivity index (χ1v) is 14.3. The average molecular weight is 562 g/mol. The van der Waals surface area contributed by atoms with Gasteiger partial charge in [0, 0.05) is 37.2 Å². The van der Waals surface area contributed by atoms with Gasteiger partial charge in [-0.1, -0.05) is 85.8 Å². The van der Waals surface area contributed by atoms with E-state index >= 15 is 0 Å². The number of nitrogens with zero attached hydrogens (tertiary/aromatic N) is 1. The zero-order valence-corrected chi connectivity index (χ0v) is 24.4. The number of rotatable bonds is 11. The molecule has 0 unspecified atom stereocenters. The minimum absolute atomic E-state index is 0.0105. The Morgan fingerprint density at radius 3 is 2.20 bits per heavy atom. The second-order valence-corrected chi connectivity index (χ2v) is 10.8. The number of ether oxygens (including phenoxy) is 2. The van der Waals surface area contributed by atoms with Gasteiger partial charge in [-0.25, -0.2) is 4.79 Å². The van der Waals surface area contributed by atoms with Crippen molar-refractivity contribution in [2.75, 3.05) is 20.1 Å². The van der Waals surface area contributed by atoms with Gasteiger partial charge < -0.3 is 30.3 Å². The van der Waals surface area contributed by atoms with E-state index < -0.39 is 12.4 Å². The summed E-state index contributed by atoms with van der Waals surface area (Å²) >= 11 is 0. The van der Waals surface area contributed by atoms with Crippen LogP contribution < -0.4 is 10.6 Å². The molecule has 1 fully saturated rings. The number of hydrogen-bond donors (Lipinski definition) is 4. The minimum Gasteiger partial charge on any atom is -0.392 e. The summed E-state index contributed by atoms with van der Waals surface area (Å²) in [5, 5.41) is 26.1. The number of benzene rings is 3. The molecule has 0 radical (unpaired) electrons. The van der Waals surface area contributed by atoms with Crippen LogP contribution in [0.2, 0.25) is 0 Å². The standard InChI is InChI=1S/C33H43N3O5/c1-5-34-33(39)35-19-24-11-17-28(18-12-24)32-40-29(20-36(4)23(3)30(38)26-9-7-6-8-10-26)22(2)31(41-32)27-15-13-25(21-37)14-16-27/h6-18,22-23,29-32,37-38H,5,19-21H2,1-4H3,(H2,34,35,39)/t22-,23-,29+,30-,31+,32+/m0/s1. The third-order valence-electron chi connectivity index (χ3n) is 7.93. The number of amides is 2. The fourth-order valence-electron chi connectivity index (χ4n) is 5.15. The van der Waals surface area contributed by atoms with Crippen molar-refractivity contribution in [2.45, 2.75) is 64.6 Å². The van der Waals surface area contributed by atoms with Gasteiger partial charge in [-0.3, -0.25) is 4.90 Å². The number of carbonyl (C=O) groups is 1. The Labute approximate surface area is 243 Å². The Hall–Kier alpha value is -3.27. The van der Waals surface area contributed by atoms with E-state index in [1.807, 2.05) is 99.8 Å². The molecule has 8 heteroatoms. The van der Waals surface area contributed by atoms with Crippen LogP contribution in [0.25, 0.3) is 0 Å². The highest BCUT2D eigenvalue weighted by atomic mass is 16.7. The number of aliphatic hydroxyl groups is 2. The number of likely N-dealkylation sites (N-methyl/N-ethyl adjacent to an activating group) is 1. The molecular weight excluding hydrogens is 518 g/mol. The van der Waals surface area contributed by atoms with Crippen LogP contribution in [0.3, 0.4) is 0 Å². The van der Waals surface area contributed by atoms with Gasteiger partial charge >= 0.3 is 6.03 Å². The molecule has 1 heterocycles. The maximum atomic E-state index is 11.8. The molecule has 41 heavy (non-hydrogen) atoms. The number of carbonyl (C=O) groups excluding carboxylic acids is 1. The van der Waals surface area contributed by atoms with Crippen molar-refractivity contribution in [1.29, 1.82) is 0 Å². The highest BCUT2D eigenvalue weighted by Crippen LogP contribution is 2.42. The quantitative estimate of drug-likeness (QED) is 0.267. The Morgan fingerprint density at radius 1 is 0.927 bits per heavy atom. The van der Waals surface area contributed by atoms with Gasteiger partial charge in [0.15, 0.2) is 6.29 Å². The second kappa shape index (κ2) is 14.6. The normalized spacial score (nSPS) is 22.2. The van der Waals surface area contributed by atoms with E-state index in [0.29, 0.717) is 19.6 Å². The molecule has 220 valence electrons. The predicted molar refractivity (Wildman–Crippen MR) is 159 cm³/mol. The fraction of sp³-hybridized carbons (Fsp3) is 0.424. The van der Waals surface area contributed by atoms with E-state index in [1.54, 1.807) is 0 Å². The Morgan fingerprint density at radius 2 is 1.56 bits per heavy atom. The lowest BCUT2D eigenvalue weighted by molar-refractivity contribution is -0.276. The largest absolute Gasteiger partial charge is 0.392 e. The van der Waals surface area contributed by atoms with Crippen LogP contribution >= 0.6 is 0 Å². The van der Waals surface area contributed by atoms with Crippen molar-refractivity contribution in [2.24, 2.45) is 5.92 Å². The minimum atomic E-state index is -0.630. The van der Waals surface area contributed by atoms with E-state index in [1.165, 1.54) is 0 Å². The van der Waals surface area contributed by atoms with Gasteiger partial charge in [-0.05, 0) is 43.1 Å². The van der Waals surface area contributed by atoms with Crippen molar-refractivity contribution in [3.8, 4) is 0 Å². The van der Waals surface area contributed by atoms with E-state index in [2.05, 4.69) is 22.5 Å². The molecule has 3 aromatic rings. The SMILES string of the molecule is CCNC(=O)NCc1ccc([C@@H]2O[C@H](CN(C)[C@@H](C)[C@H](O)c3ccccc3)[C@H](C)[C@H](c3ccc(CO)cc3)O2)cc1. The Kier molecular flexibility index (Phi) is 10.9. The van der Waals surface area contributed by atoms with Gasteiger partial charge in [0.05, 0.1) is 24.9 Å². The van der Waals surface area contributed by atoms with E-state index in [9.17, 15) is 15.0 Å². The summed E-state index contributed by atoms with van der Waals surface area (Å²) < 4.78 is 13.2.